The van der Waals surface area contributed by atoms with Gasteiger partial charge in [0.15, 0.2) is 0 Å². The highest BCUT2D eigenvalue weighted by molar-refractivity contribution is 7.10. The Morgan fingerprint density at radius 2 is 2.57 bits per heavy atom. The maximum atomic E-state index is 6.17. The third-order valence-corrected chi connectivity index (χ3v) is 3.77. The van der Waals surface area contributed by atoms with Gasteiger partial charge in [-0.1, -0.05) is 0 Å². The van der Waals surface area contributed by atoms with Crippen LogP contribution in [0.15, 0.2) is 11.4 Å². The third kappa shape index (κ3) is 2.16. The molecule has 0 bridgehead atoms. The number of nitrogens with two attached hydrogens (primary N) is 1. The van der Waals surface area contributed by atoms with Crippen LogP contribution in [0.25, 0.3) is 0 Å². The molecule has 2 heterocycles. The molecular weight excluding hydrogens is 194 g/mol. The summed E-state index contributed by atoms with van der Waals surface area (Å²) in [7, 11) is 0. The van der Waals surface area contributed by atoms with E-state index < -0.39 is 0 Å². The Morgan fingerprint density at radius 3 is 3.14 bits per heavy atom. The van der Waals surface area contributed by atoms with E-state index in [1.54, 1.807) is 11.3 Å². The van der Waals surface area contributed by atoms with Crippen LogP contribution in [0.5, 0.6) is 0 Å². The summed E-state index contributed by atoms with van der Waals surface area (Å²) in [5.41, 5.74) is 7.49. The summed E-state index contributed by atoms with van der Waals surface area (Å²) in [4.78, 5) is 1.36. The van der Waals surface area contributed by atoms with Crippen molar-refractivity contribution in [2.24, 2.45) is 11.7 Å². The van der Waals surface area contributed by atoms with Gasteiger partial charge in [0.25, 0.3) is 0 Å². The molecule has 0 aliphatic carbocycles. The molecule has 1 aromatic heterocycles. The summed E-state index contributed by atoms with van der Waals surface area (Å²) < 4.78 is 5.35. The first-order valence-electron chi connectivity index (χ1n) is 5.14. The van der Waals surface area contributed by atoms with E-state index in [0.29, 0.717) is 5.92 Å². The minimum absolute atomic E-state index is 0.202. The molecule has 0 aromatic carbocycles. The molecule has 0 saturated carbocycles. The molecule has 2 rings (SSSR count). The predicted molar refractivity (Wildman–Crippen MR) is 59.5 cm³/mol. The monoisotopic (exact) mass is 211 g/mol. The van der Waals surface area contributed by atoms with Crippen LogP contribution >= 0.6 is 11.3 Å². The van der Waals surface area contributed by atoms with Gasteiger partial charge in [0.1, 0.15) is 0 Å². The summed E-state index contributed by atoms with van der Waals surface area (Å²) in [6.07, 6.45) is 2.24. The van der Waals surface area contributed by atoms with Gasteiger partial charge in [0.05, 0.1) is 0 Å². The number of hydrogen-bond acceptors (Lipinski definition) is 3. The maximum Gasteiger partial charge on any atom is 0.0495 e. The van der Waals surface area contributed by atoms with Crippen LogP contribution in [0, 0.1) is 12.8 Å². The second kappa shape index (κ2) is 4.43. The normalized spacial score (nSPS) is 24.0. The lowest BCUT2D eigenvalue weighted by atomic mass is 9.95. The largest absolute Gasteiger partial charge is 0.381 e. The van der Waals surface area contributed by atoms with E-state index in [9.17, 15) is 0 Å². The summed E-state index contributed by atoms with van der Waals surface area (Å²) in [5.74, 6) is 0.671. The molecule has 14 heavy (non-hydrogen) atoms. The van der Waals surface area contributed by atoms with Crippen molar-refractivity contribution in [2.75, 3.05) is 13.2 Å². The van der Waals surface area contributed by atoms with Crippen molar-refractivity contribution >= 4 is 11.3 Å². The van der Waals surface area contributed by atoms with Crippen LogP contribution in [0.4, 0.5) is 0 Å². The summed E-state index contributed by atoms with van der Waals surface area (Å²) >= 11 is 1.78. The highest BCUT2D eigenvalue weighted by Gasteiger charge is 2.20. The smallest absolute Gasteiger partial charge is 0.0495 e. The minimum atomic E-state index is 0.202. The van der Waals surface area contributed by atoms with E-state index in [0.717, 1.165) is 19.6 Å². The third-order valence-electron chi connectivity index (χ3n) is 2.91. The first-order chi connectivity index (χ1) is 6.77. The molecule has 0 amide bonds. The van der Waals surface area contributed by atoms with Crippen molar-refractivity contribution in [1.82, 2.24) is 0 Å². The van der Waals surface area contributed by atoms with Crippen molar-refractivity contribution in [3.05, 3.63) is 21.9 Å². The zero-order valence-electron chi connectivity index (χ0n) is 8.53. The topological polar surface area (TPSA) is 35.2 Å². The van der Waals surface area contributed by atoms with Gasteiger partial charge in [-0.15, -0.1) is 11.3 Å². The quantitative estimate of drug-likeness (QED) is 0.833. The Labute approximate surface area is 89.1 Å². The highest BCUT2D eigenvalue weighted by atomic mass is 32.1. The number of thiophene rings is 1. The Kier molecular flexibility index (Phi) is 3.21. The summed E-state index contributed by atoms with van der Waals surface area (Å²) in [6.45, 7) is 3.96. The molecule has 1 aromatic rings. The van der Waals surface area contributed by atoms with Crippen molar-refractivity contribution in [3.8, 4) is 0 Å². The van der Waals surface area contributed by atoms with Gasteiger partial charge < -0.3 is 10.5 Å². The molecule has 3 heteroatoms. The first kappa shape index (κ1) is 10.1. The molecule has 0 spiro atoms. The lowest BCUT2D eigenvalue weighted by Crippen LogP contribution is -2.15. The SMILES string of the molecule is Cc1sccc1C(N)CC1CCOC1. The van der Waals surface area contributed by atoms with Crippen LogP contribution in [-0.4, -0.2) is 13.2 Å². The average Bonchev–Trinajstić information content (AvgIpc) is 2.75. The Balaban J connectivity index is 1.95. The molecule has 2 atom stereocenters. The van der Waals surface area contributed by atoms with Crippen molar-refractivity contribution in [3.63, 3.8) is 0 Å². The molecule has 1 saturated heterocycles. The fourth-order valence-corrected chi connectivity index (χ4v) is 2.81. The van der Waals surface area contributed by atoms with Gasteiger partial charge in [0, 0.05) is 24.1 Å². The zero-order chi connectivity index (χ0) is 9.97. The van der Waals surface area contributed by atoms with E-state index in [1.807, 2.05) is 0 Å². The predicted octanol–water partition coefficient (Wildman–Crippen LogP) is 2.48. The molecular formula is C11H17NOS. The number of aryl methyl sites for hydroxylation is 1. The fourth-order valence-electron chi connectivity index (χ4n) is 2.03. The molecule has 0 radical (unpaired) electrons. The summed E-state index contributed by atoms with van der Waals surface area (Å²) in [6, 6.07) is 2.36. The standard InChI is InChI=1S/C11H17NOS/c1-8-10(3-5-14-8)11(12)6-9-2-4-13-7-9/h3,5,9,11H,2,4,6-7,12H2,1H3. The van der Waals surface area contributed by atoms with Crippen LogP contribution in [-0.2, 0) is 4.74 Å². The van der Waals surface area contributed by atoms with Crippen LogP contribution < -0.4 is 5.73 Å². The molecule has 2 unspecified atom stereocenters. The highest BCUT2D eigenvalue weighted by Crippen LogP contribution is 2.28. The van der Waals surface area contributed by atoms with Crippen molar-refractivity contribution < 1.29 is 4.74 Å². The Bertz CT molecular complexity index is 291. The first-order valence-corrected chi connectivity index (χ1v) is 6.02. The van der Waals surface area contributed by atoms with Crippen molar-refractivity contribution in [1.29, 1.82) is 0 Å². The number of ether oxygens (including phenoxy) is 1. The molecule has 1 aliphatic heterocycles. The van der Waals surface area contributed by atoms with E-state index >= 15 is 0 Å². The van der Waals surface area contributed by atoms with E-state index in [2.05, 4.69) is 18.4 Å². The Hall–Kier alpha value is -0.380. The molecule has 1 fully saturated rings. The van der Waals surface area contributed by atoms with E-state index in [-0.39, 0.29) is 6.04 Å². The lowest BCUT2D eigenvalue weighted by Gasteiger charge is -2.15. The molecule has 78 valence electrons. The summed E-state index contributed by atoms with van der Waals surface area (Å²) in [5, 5.41) is 2.12. The lowest BCUT2D eigenvalue weighted by molar-refractivity contribution is 0.182. The molecule has 2 N–H and O–H groups in total. The average molecular weight is 211 g/mol. The van der Waals surface area contributed by atoms with Crippen LogP contribution in [0.2, 0.25) is 0 Å². The van der Waals surface area contributed by atoms with Gasteiger partial charge >= 0.3 is 0 Å². The second-order valence-corrected chi connectivity index (χ2v) is 5.12. The number of hydrogen-bond donors (Lipinski definition) is 1. The van der Waals surface area contributed by atoms with Gasteiger partial charge in [-0.2, -0.15) is 0 Å². The zero-order valence-corrected chi connectivity index (χ0v) is 9.35. The number of rotatable bonds is 3. The van der Waals surface area contributed by atoms with Gasteiger partial charge in [-0.25, -0.2) is 0 Å². The Morgan fingerprint density at radius 1 is 1.71 bits per heavy atom. The van der Waals surface area contributed by atoms with Gasteiger partial charge in [-0.05, 0) is 42.7 Å². The molecule has 2 nitrogen and oxygen atoms in total. The van der Waals surface area contributed by atoms with Crippen LogP contribution in [0.3, 0.4) is 0 Å². The fraction of sp³-hybridized carbons (Fsp3) is 0.636. The van der Waals surface area contributed by atoms with E-state index in [4.69, 9.17) is 10.5 Å². The van der Waals surface area contributed by atoms with E-state index in [1.165, 1.54) is 16.9 Å². The van der Waals surface area contributed by atoms with Gasteiger partial charge in [-0.3, -0.25) is 0 Å². The minimum Gasteiger partial charge on any atom is -0.381 e. The van der Waals surface area contributed by atoms with Gasteiger partial charge in [0.2, 0.25) is 0 Å². The maximum absolute atomic E-state index is 6.17. The van der Waals surface area contributed by atoms with Crippen LogP contribution in [0.1, 0.15) is 29.3 Å². The molecule has 1 aliphatic rings. The van der Waals surface area contributed by atoms with Crippen molar-refractivity contribution in [2.45, 2.75) is 25.8 Å². The second-order valence-electron chi connectivity index (χ2n) is 4.00.